The van der Waals surface area contributed by atoms with Crippen molar-refractivity contribution >= 4 is 35.6 Å². The predicted molar refractivity (Wildman–Crippen MR) is 103 cm³/mol. The number of furan rings is 1. The second kappa shape index (κ2) is 9.91. The van der Waals surface area contributed by atoms with Crippen molar-refractivity contribution in [1.29, 1.82) is 0 Å². The quantitative estimate of drug-likeness (QED) is 0.234. The van der Waals surface area contributed by atoms with Crippen LogP contribution in [0.5, 0.6) is 0 Å². The van der Waals surface area contributed by atoms with Gasteiger partial charge < -0.3 is 15.1 Å². The number of nitrogens with zero attached hydrogens (tertiary/aromatic N) is 2. The van der Waals surface area contributed by atoms with Crippen LogP contribution in [0.15, 0.2) is 52.1 Å². The first-order valence-electron chi connectivity index (χ1n) is 7.35. The number of halogens is 1. The molecule has 2 N–H and O–H groups in total. The Labute approximate surface area is 157 Å². The highest BCUT2D eigenvalue weighted by atomic mass is 127. The highest BCUT2D eigenvalue weighted by Gasteiger charge is 2.05. The number of nitro groups is 1. The van der Waals surface area contributed by atoms with Gasteiger partial charge in [0.15, 0.2) is 5.96 Å². The van der Waals surface area contributed by atoms with Gasteiger partial charge in [0.1, 0.15) is 5.76 Å². The summed E-state index contributed by atoms with van der Waals surface area (Å²) >= 11 is 0. The van der Waals surface area contributed by atoms with Crippen molar-refractivity contribution in [3.63, 3.8) is 0 Å². The van der Waals surface area contributed by atoms with Crippen molar-refractivity contribution < 1.29 is 9.34 Å². The summed E-state index contributed by atoms with van der Waals surface area (Å²) in [6, 6.07) is 10.3. The van der Waals surface area contributed by atoms with E-state index < -0.39 is 4.92 Å². The fourth-order valence-corrected chi connectivity index (χ4v) is 1.90. The Morgan fingerprint density at radius 2 is 2.00 bits per heavy atom. The maximum Gasteiger partial charge on any atom is 0.269 e. The molecule has 8 heteroatoms. The second-order valence-corrected chi connectivity index (χ2v) is 5.32. The van der Waals surface area contributed by atoms with E-state index >= 15 is 0 Å². The third-order valence-electron chi connectivity index (χ3n) is 3.00. The summed E-state index contributed by atoms with van der Waals surface area (Å²) in [6.07, 6.45) is 1.63. The Kier molecular flexibility index (Phi) is 8.24. The molecule has 2 rings (SSSR count). The lowest BCUT2D eigenvalue weighted by molar-refractivity contribution is -0.384. The van der Waals surface area contributed by atoms with Gasteiger partial charge in [0.05, 0.1) is 24.3 Å². The first-order valence-corrected chi connectivity index (χ1v) is 7.35. The molecule has 0 saturated carbocycles. The minimum Gasteiger partial charge on any atom is -0.467 e. The molecule has 1 aromatic heterocycles. The zero-order valence-corrected chi connectivity index (χ0v) is 15.9. The molecule has 0 saturated heterocycles. The number of benzene rings is 1. The minimum absolute atomic E-state index is 0. The smallest absolute Gasteiger partial charge is 0.269 e. The summed E-state index contributed by atoms with van der Waals surface area (Å²) < 4.78 is 5.28. The number of aliphatic imine (C=N–C) groups is 1. The van der Waals surface area contributed by atoms with E-state index in [2.05, 4.69) is 15.6 Å². The third kappa shape index (κ3) is 6.57. The SMILES string of the molecule is CC(C)NC(=NCc1ccc([N+](=O)[O-])cc1)NCc1ccco1.I. The molecule has 0 bridgehead atoms. The van der Waals surface area contributed by atoms with Crippen LogP contribution >= 0.6 is 24.0 Å². The molecule has 1 heterocycles. The molecular weight excluding hydrogens is 423 g/mol. The zero-order valence-electron chi connectivity index (χ0n) is 13.6. The molecule has 0 amide bonds. The van der Waals surface area contributed by atoms with Gasteiger partial charge in [0.25, 0.3) is 5.69 Å². The van der Waals surface area contributed by atoms with Crippen molar-refractivity contribution in [2.45, 2.75) is 33.0 Å². The van der Waals surface area contributed by atoms with Crippen LogP contribution in [-0.4, -0.2) is 16.9 Å². The van der Waals surface area contributed by atoms with Crippen molar-refractivity contribution in [2.75, 3.05) is 0 Å². The molecular formula is C16H21IN4O3. The van der Waals surface area contributed by atoms with Crippen LogP contribution < -0.4 is 10.6 Å². The van der Waals surface area contributed by atoms with Crippen LogP contribution in [0.3, 0.4) is 0 Å². The summed E-state index contributed by atoms with van der Waals surface area (Å²) in [5, 5.41) is 17.1. The third-order valence-corrected chi connectivity index (χ3v) is 3.00. The van der Waals surface area contributed by atoms with E-state index in [-0.39, 0.29) is 35.7 Å². The van der Waals surface area contributed by atoms with E-state index in [1.807, 2.05) is 26.0 Å². The van der Waals surface area contributed by atoms with Crippen LogP contribution in [-0.2, 0) is 13.1 Å². The highest BCUT2D eigenvalue weighted by molar-refractivity contribution is 14.0. The van der Waals surface area contributed by atoms with E-state index in [0.29, 0.717) is 19.0 Å². The van der Waals surface area contributed by atoms with Gasteiger partial charge in [-0.05, 0) is 31.5 Å². The van der Waals surface area contributed by atoms with E-state index in [9.17, 15) is 10.1 Å². The Balaban J connectivity index is 0.00000288. The van der Waals surface area contributed by atoms with Crippen molar-refractivity contribution in [2.24, 2.45) is 4.99 Å². The molecule has 0 fully saturated rings. The van der Waals surface area contributed by atoms with Crippen LogP contribution in [0.2, 0.25) is 0 Å². The van der Waals surface area contributed by atoms with Gasteiger partial charge >= 0.3 is 0 Å². The largest absolute Gasteiger partial charge is 0.467 e. The van der Waals surface area contributed by atoms with E-state index in [1.165, 1.54) is 12.1 Å². The van der Waals surface area contributed by atoms with Crippen LogP contribution in [0.4, 0.5) is 5.69 Å². The van der Waals surface area contributed by atoms with Gasteiger partial charge in [-0.2, -0.15) is 0 Å². The molecule has 24 heavy (non-hydrogen) atoms. The predicted octanol–water partition coefficient (Wildman–Crippen LogP) is 3.45. The van der Waals surface area contributed by atoms with Crippen molar-refractivity contribution in [1.82, 2.24) is 10.6 Å². The molecule has 0 aliphatic carbocycles. The van der Waals surface area contributed by atoms with Crippen LogP contribution in [0, 0.1) is 10.1 Å². The summed E-state index contributed by atoms with van der Waals surface area (Å²) in [5.74, 6) is 1.48. The van der Waals surface area contributed by atoms with Gasteiger partial charge in [0.2, 0.25) is 0 Å². The van der Waals surface area contributed by atoms with E-state index in [1.54, 1.807) is 18.4 Å². The van der Waals surface area contributed by atoms with Gasteiger partial charge in [0, 0.05) is 18.2 Å². The van der Waals surface area contributed by atoms with Crippen molar-refractivity contribution in [3.8, 4) is 0 Å². The monoisotopic (exact) mass is 444 g/mol. The lowest BCUT2D eigenvalue weighted by Gasteiger charge is -2.14. The molecule has 130 valence electrons. The summed E-state index contributed by atoms with van der Waals surface area (Å²) in [4.78, 5) is 14.7. The number of hydrogen-bond acceptors (Lipinski definition) is 4. The summed E-state index contributed by atoms with van der Waals surface area (Å²) in [6.45, 7) is 5.01. The Morgan fingerprint density at radius 3 is 2.54 bits per heavy atom. The van der Waals surface area contributed by atoms with Gasteiger partial charge in [-0.25, -0.2) is 4.99 Å². The number of rotatable bonds is 6. The standard InChI is InChI=1S/C16H20N4O3.HI/c1-12(2)19-16(18-11-15-4-3-9-23-15)17-10-13-5-7-14(8-6-13)20(21)22;/h3-9,12H,10-11H2,1-2H3,(H2,17,18,19);1H. The summed E-state index contributed by atoms with van der Waals surface area (Å²) in [5.41, 5.74) is 0.979. The maximum absolute atomic E-state index is 10.6. The number of hydrogen-bond donors (Lipinski definition) is 2. The maximum atomic E-state index is 10.6. The van der Waals surface area contributed by atoms with Gasteiger partial charge in [-0.15, -0.1) is 24.0 Å². The van der Waals surface area contributed by atoms with E-state index in [0.717, 1.165) is 11.3 Å². The average molecular weight is 444 g/mol. The molecule has 0 spiro atoms. The molecule has 0 unspecified atom stereocenters. The Morgan fingerprint density at radius 1 is 1.29 bits per heavy atom. The number of nitrogens with one attached hydrogen (secondary N) is 2. The Bertz CT molecular complexity index is 654. The lowest BCUT2D eigenvalue weighted by Crippen LogP contribution is -2.40. The molecule has 1 aromatic carbocycles. The number of nitro benzene ring substituents is 1. The van der Waals surface area contributed by atoms with Crippen LogP contribution in [0.1, 0.15) is 25.2 Å². The fraction of sp³-hybridized carbons (Fsp3) is 0.312. The molecule has 0 atom stereocenters. The summed E-state index contributed by atoms with van der Waals surface area (Å²) in [7, 11) is 0. The average Bonchev–Trinajstić information content (AvgIpc) is 3.03. The molecule has 0 aliphatic heterocycles. The van der Waals surface area contributed by atoms with Gasteiger partial charge in [-0.1, -0.05) is 12.1 Å². The molecule has 7 nitrogen and oxygen atoms in total. The molecule has 0 aliphatic rings. The normalized spacial score (nSPS) is 11.0. The lowest BCUT2D eigenvalue weighted by atomic mass is 10.2. The Hall–Kier alpha value is -2.10. The number of guanidine groups is 1. The topological polar surface area (TPSA) is 92.7 Å². The highest BCUT2D eigenvalue weighted by Crippen LogP contribution is 2.12. The van der Waals surface area contributed by atoms with E-state index in [4.69, 9.17) is 4.42 Å². The first-order chi connectivity index (χ1) is 11.0. The molecule has 2 aromatic rings. The number of non-ortho nitro benzene ring substituents is 1. The first kappa shape index (κ1) is 19.9. The fourth-order valence-electron chi connectivity index (χ4n) is 1.90. The molecule has 0 radical (unpaired) electrons. The van der Waals surface area contributed by atoms with Gasteiger partial charge in [-0.3, -0.25) is 10.1 Å². The van der Waals surface area contributed by atoms with Crippen molar-refractivity contribution in [3.05, 3.63) is 64.1 Å². The zero-order chi connectivity index (χ0) is 16.7. The second-order valence-electron chi connectivity index (χ2n) is 5.32. The van der Waals surface area contributed by atoms with Crippen LogP contribution in [0.25, 0.3) is 0 Å². The minimum atomic E-state index is -0.413.